The number of ether oxygens (including phenoxy) is 3. The lowest BCUT2D eigenvalue weighted by atomic mass is 10.3. The number of methoxy groups -OCH3 is 1. The summed E-state index contributed by atoms with van der Waals surface area (Å²) in [5.41, 5.74) is 6.74. The zero-order chi connectivity index (χ0) is 14.7. The summed E-state index contributed by atoms with van der Waals surface area (Å²) in [4.78, 5) is 0.997. The summed E-state index contributed by atoms with van der Waals surface area (Å²) >= 11 is 1.65. The summed E-state index contributed by atoms with van der Waals surface area (Å²) < 4.78 is 16.9. The average molecular weight is 303 g/mol. The van der Waals surface area contributed by atoms with Gasteiger partial charge in [-0.1, -0.05) is 12.1 Å². The van der Waals surface area contributed by atoms with Gasteiger partial charge in [-0.15, -0.1) is 11.8 Å². The second kappa shape index (κ2) is 6.18. The first-order valence-corrected chi connectivity index (χ1v) is 7.69. The molecule has 1 unspecified atom stereocenters. The molecule has 0 aliphatic carbocycles. The van der Waals surface area contributed by atoms with E-state index in [9.17, 15) is 0 Å². The normalized spacial score (nSPS) is 16.5. The lowest BCUT2D eigenvalue weighted by Gasteiger charge is -2.26. The van der Waals surface area contributed by atoms with Crippen molar-refractivity contribution in [3.05, 3.63) is 42.5 Å². The van der Waals surface area contributed by atoms with E-state index in [1.54, 1.807) is 18.9 Å². The molecule has 0 aromatic heterocycles. The lowest BCUT2D eigenvalue weighted by Crippen LogP contribution is -2.31. The molecular weight excluding hydrogens is 286 g/mol. The third-order valence-electron chi connectivity index (χ3n) is 3.21. The zero-order valence-electron chi connectivity index (χ0n) is 11.7. The molecule has 0 saturated heterocycles. The Morgan fingerprint density at radius 1 is 1.24 bits per heavy atom. The van der Waals surface area contributed by atoms with E-state index in [0.717, 1.165) is 33.6 Å². The minimum atomic E-state index is 0.00972. The van der Waals surface area contributed by atoms with Crippen LogP contribution in [0.4, 0.5) is 5.69 Å². The first-order chi connectivity index (χ1) is 10.3. The van der Waals surface area contributed by atoms with Gasteiger partial charge < -0.3 is 19.9 Å². The van der Waals surface area contributed by atoms with Crippen molar-refractivity contribution in [3.63, 3.8) is 0 Å². The predicted molar refractivity (Wildman–Crippen MR) is 84.5 cm³/mol. The number of nitrogen functional groups attached to an aromatic ring is 1. The number of benzene rings is 2. The van der Waals surface area contributed by atoms with Crippen molar-refractivity contribution in [2.45, 2.75) is 11.0 Å². The fourth-order valence-electron chi connectivity index (χ4n) is 2.09. The van der Waals surface area contributed by atoms with Crippen LogP contribution in [0, 0.1) is 0 Å². The van der Waals surface area contributed by atoms with Gasteiger partial charge in [0.05, 0.1) is 7.11 Å². The van der Waals surface area contributed by atoms with E-state index in [2.05, 4.69) is 0 Å². The Balaban J connectivity index is 1.64. The molecule has 1 heterocycles. The fourth-order valence-corrected chi connectivity index (χ4v) is 3.06. The van der Waals surface area contributed by atoms with Crippen molar-refractivity contribution in [3.8, 4) is 17.2 Å². The van der Waals surface area contributed by atoms with Crippen molar-refractivity contribution in [2.75, 3.05) is 25.2 Å². The summed E-state index contributed by atoms with van der Waals surface area (Å²) in [6.07, 6.45) is 0.00972. The number of hydrogen-bond acceptors (Lipinski definition) is 5. The number of thioether (sulfide) groups is 1. The van der Waals surface area contributed by atoms with E-state index in [4.69, 9.17) is 19.9 Å². The maximum absolute atomic E-state index is 5.99. The van der Waals surface area contributed by atoms with E-state index in [-0.39, 0.29) is 6.10 Å². The van der Waals surface area contributed by atoms with Crippen LogP contribution in [0.3, 0.4) is 0 Å². The molecule has 0 saturated carbocycles. The van der Waals surface area contributed by atoms with Crippen LogP contribution >= 0.6 is 11.8 Å². The third kappa shape index (κ3) is 3.19. The Labute approximate surface area is 128 Å². The van der Waals surface area contributed by atoms with Crippen LogP contribution in [0.25, 0.3) is 0 Å². The third-order valence-corrected chi connectivity index (χ3v) is 4.42. The summed E-state index contributed by atoms with van der Waals surface area (Å²) in [6, 6.07) is 13.4. The molecular formula is C16H17NO3S. The molecule has 1 aliphatic heterocycles. The van der Waals surface area contributed by atoms with Crippen LogP contribution in [-0.4, -0.2) is 25.6 Å². The minimum Gasteiger partial charge on any atom is -0.497 e. The first kappa shape index (κ1) is 13.9. The molecule has 21 heavy (non-hydrogen) atoms. The molecule has 3 rings (SSSR count). The van der Waals surface area contributed by atoms with E-state index >= 15 is 0 Å². The Morgan fingerprint density at radius 2 is 2.05 bits per heavy atom. The molecule has 0 bridgehead atoms. The molecule has 0 spiro atoms. The van der Waals surface area contributed by atoms with E-state index in [1.807, 2.05) is 42.5 Å². The molecule has 0 radical (unpaired) electrons. The van der Waals surface area contributed by atoms with Crippen molar-refractivity contribution in [1.82, 2.24) is 0 Å². The second-order valence-corrected chi connectivity index (χ2v) is 5.77. The van der Waals surface area contributed by atoms with Gasteiger partial charge in [-0.25, -0.2) is 0 Å². The van der Waals surface area contributed by atoms with Crippen LogP contribution in [0.2, 0.25) is 0 Å². The second-order valence-electron chi connectivity index (χ2n) is 4.71. The van der Waals surface area contributed by atoms with Crippen LogP contribution in [0.5, 0.6) is 17.2 Å². The molecule has 1 aliphatic rings. The van der Waals surface area contributed by atoms with Crippen molar-refractivity contribution >= 4 is 17.4 Å². The minimum absolute atomic E-state index is 0.00972. The monoisotopic (exact) mass is 303 g/mol. The standard InChI is InChI=1S/C16H17NO3S/c1-18-11-6-7-13(17)16(8-11)21-10-12-9-19-14-4-2-3-5-15(14)20-12/h2-8,12H,9-10,17H2,1H3. The van der Waals surface area contributed by atoms with Gasteiger partial charge in [0.15, 0.2) is 11.5 Å². The first-order valence-electron chi connectivity index (χ1n) is 6.71. The Bertz CT molecular complexity index is 633. The van der Waals surface area contributed by atoms with Gasteiger partial charge in [-0.2, -0.15) is 0 Å². The highest BCUT2D eigenvalue weighted by Crippen LogP contribution is 2.34. The van der Waals surface area contributed by atoms with E-state index in [0.29, 0.717) is 6.61 Å². The molecule has 2 aromatic rings. The van der Waals surface area contributed by atoms with Crippen LogP contribution in [0.15, 0.2) is 47.4 Å². The van der Waals surface area contributed by atoms with Gasteiger partial charge in [0, 0.05) is 16.3 Å². The molecule has 1 atom stereocenters. The van der Waals surface area contributed by atoms with Gasteiger partial charge >= 0.3 is 0 Å². The average Bonchev–Trinajstić information content (AvgIpc) is 2.54. The SMILES string of the molecule is COc1ccc(N)c(SCC2COc3ccccc3O2)c1. The van der Waals surface area contributed by atoms with Gasteiger partial charge in [0.2, 0.25) is 0 Å². The molecule has 5 heteroatoms. The number of hydrogen-bond donors (Lipinski definition) is 1. The van der Waals surface area contributed by atoms with Crippen molar-refractivity contribution < 1.29 is 14.2 Å². The van der Waals surface area contributed by atoms with Gasteiger partial charge in [-0.05, 0) is 30.3 Å². The molecule has 0 amide bonds. The summed E-state index contributed by atoms with van der Waals surface area (Å²) in [5.74, 6) is 3.18. The van der Waals surface area contributed by atoms with Crippen LogP contribution in [0.1, 0.15) is 0 Å². The number of rotatable bonds is 4. The number of nitrogens with two attached hydrogens (primary N) is 1. The highest BCUT2D eigenvalue weighted by atomic mass is 32.2. The largest absolute Gasteiger partial charge is 0.497 e. The Morgan fingerprint density at radius 3 is 2.86 bits per heavy atom. The summed E-state index contributed by atoms with van der Waals surface area (Å²) in [6.45, 7) is 0.549. The van der Waals surface area contributed by atoms with Crippen molar-refractivity contribution in [1.29, 1.82) is 0 Å². The fraction of sp³-hybridized carbons (Fsp3) is 0.250. The predicted octanol–water partition coefficient (Wildman–Crippen LogP) is 3.21. The van der Waals surface area contributed by atoms with Crippen LogP contribution in [-0.2, 0) is 0 Å². The highest BCUT2D eigenvalue weighted by Gasteiger charge is 2.21. The lowest BCUT2D eigenvalue weighted by molar-refractivity contribution is 0.107. The quantitative estimate of drug-likeness (QED) is 0.694. The number of fused-ring (bicyclic) bond motifs is 1. The topological polar surface area (TPSA) is 53.7 Å². The molecule has 2 aromatic carbocycles. The number of para-hydroxylation sites is 2. The molecule has 0 fully saturated rings. The molecule has 110 valence electrons. The summed E-state index contributed by atoms with van der Waals surface area (Å²) in [5, 5.41) is 0. The Kier molecular flexibility index (Phi) is 4.10. The molecule has 4 nitrogen and oxygen atoms in total. The Hall–Kier alpha value is -2.01. The highest BCUT2D eigenvalue weighted by molar-refractivity contribution is 7.99. The number of anilines is 1. The maximum Gasteiger partial charge on any atom is 0.161 e. The van der Waals surface area contributed by atoms with Gasteiger partial charge in [-0.3, -0.25) is 0 Å². The van der Waals surface area contributed by atoms with E-state index < -0.39 is 0 Å². The van der Waals surface area contributed by atoms with Gasteiger partial charge in [0.1, 0.15) is 18.5 Å². The van der Waals surface area contributed by atoms with Crippen molar-refractivity contribution in [2.24, 2.45) is 0 Å². The maximum atomic E-state index is 5.99. The summed E-state index contributed by atoms with van der Waals surface area (Å²) in [7, 11) is 1.65. The zero-order valence-corrected chi connectivity index (χ0v) is 12.6. The van der Waals surface area contributed by atoms with Crippen LogP contribution < -0.4 is 19.9 Å². The molecule has 2 N–H and O–H groups in total. The van der Waals surface area contributed by atoms with Gasteiger partial charge in [0.25, 0.3) is 0 Å². The van der Waals surface area contributed by atoms with E-state index in [1.165, 1.54) is 0 Å². The smallest absolute Gasteiger partial charge is 0.161 e.